The Morgan fingerprint density at radius 1 is 1.14 bits per heavy atom. The van der Waals surface area contributed by atoms with E-state index in [1.54, 1.807) is 0 Å². The highest BCUT2D eigenvalue weighted by Crippen LogP contribution is 2.29. The molecule has 0 saturated carbocycles. The Balaban J connectivity index is 1.80. The number of nitrogens with one attached hydrogen (secondary N) is 2. The first-order valence-electron chi connectivity index (χ1n) is 8.06. The van der Waals surface area contributed by atoms with Crippen LogP contribution in [-0.4, -0.2) is 39.3 Å². The molecule has 0 spiro atoms. The largest absolute Gasteiger partial charge is 0.420 e. The maximum Gasteiger partial charge on any atom is 0.339 e. The number of fused-ring (bicyclic) bond motifs is 1. The van der Waals surface area contributed by atoms with Gasteiger partial charge in [0.25, 0.3) is 0 Å². The minimum atomic E-state index is -0.177. The van der Waals surface area contributed by atoms with E-state index >= 15 is 0 Å². The van der Waals surface area contributed by atoms with Crippen molar-refractivity contribution in [3.8, 4) is 0 Å². The standard InChI is InChI=1S/C17H21N3O2/c21-17-14(13-4-5-19-11-13)10-12-2-1-3-15(16(12)22-17)20-8-6-18-7-9-20/h1-3,10,13,18-19H,4-9,11H2. The monoisotopic (exact) mass is 299 g/mol. The second kappa shape index (κ2) is 5.74. The van der Waals surface area contributed by atoms with Crippen molar-refractivity contribution in [3.63, 3.8) is 0 Å². The molecule has 1 aromatic heterocycles. The van der Waals surface area contributed by atoms with Gasteiger partial charge in [0.2, 0.25) is 0 Å². The molecule has 2 aliphatic heterocycles. The summed E-state index contributed by atoms with van der Waals surface area (Å²) in [6.07, 6.45) is 1.01. The Labute approximate surface area is 129 Å². The van der Waals surface area contributed by atoms with Crippen molar-refractivity contribution in [2.24, 2.45) is 0 Å². The molecule has 1 aromatic carbocycles. The summed E-state index contributed by atoms with van der Waals surface area (Å²) in [5.41, 5.74) is 2.40. The fourth-order valence-corrected chi connectivity index (χ4v) is 3.50. The summed E-state index contributed by atoms with van der Waals surface area (Å²) >= 11 is 0. The highest BCUT2D eigenvalue weighted by molar-refractivity contribution is 5.89. The Hall–Kier alpha value is -1.85. The van der Waals surface area contributed by atoms with Crippen LogP contribution in [0.4, 0.5) is 5.69 Å². The summed E-state index contributed by atoms with van der Waals surface area (Å²) in [6.45, 7) is 5.66. The number of nitrogens with zero attached hydrogens (tertiary/aromatic N) is 1. The van der Waals surface area contributed by atoms with E-state index in [-0.39, 0.29) is 11.5 Å². The van der Waals surface area contributed by atoms with E-state index in [1.807, 2.05) is 18.2 Å². The Morgan fingerprint density at radius 3 is 2.77 bits per heavy atom. The quantitative estimate of drug-likeness (QED) is 0.818. The number of rotatable bonds is 2. The molecule has 22 heavy (non-hydrogen) atoms. The van der Waals surface area contributed by atoms with Gasteiger partial charge in [-0.3, -0.25) is 0 Å². The zero-order valence-electron chi connectivity index (χ0n) is 12.6. The van der Waals surface area contributed by atoms with E-state index in [2.05, 4.69) is 21.6 Å². The zero-order chi connectivity index (χ0) is 14.9. The van der Waals surface area contributed by atoms with Crippen molar-refractivity contribution in [1.29, 1.82) is 0 Å². The molecule has 5 nitrogen and oxygen atoms in total. The average molecular weight is 299 g/mol. The molecule has 3 heterocycles. The van der Waals surface area contributed by atoms with Crippen LogP contribution in [0.25, 0.3) is 11.0 Å². The Morgan fingerprint density at radius 2 is 2.00 bits per heavy atom. The van der Waals surface area contributed by atoms with Crippen LogP contribution in [0.5, 0.6) is 0 Å². The number of benzene rings is 1. The predicted molar refractivity (Wildman–Crippen MR) is 87.8 cm³/mol. The summed E-state index contributed by atoms with van der Waals surface area (Å²) in [6, 6.07) is 8.17. The average Bonchev–Trinajstić information content (AvgIpc) is 3.09. The molecular weight excluding hydrogens is 278 g/mol. The summed E-state index contributed by atoms with van der Waals surface area (Å²) in [5.74, 6) is 0.281. The molecule has 2 aromatic rings. The maximum atomic E-state index is 12.4. The first kappa shape index (κ1) is 13.8. The molecule has 2 fully saturated rings. The van der Waals surface area contributed by atoms with Gasteiger partial charge in [0, 0.05) is 49.6 Å². The molecule has 2 saturated heterocycles. The second-order valence-corrected chi connectivity index (χ2v) is 6.11. The van der Waals surface area contributed by atoms with Crippen molar-refractivity contribution >= 4 is 16.7 Å². The zero-order valence-corrected chi connectivity index (χ0v) is 12.6. The minimum absolute atomic E-state index is 0.177. The van der Waals surface area contributed by atoms with Crippen molar-refractivity contribution in [2.45, 2.75) is 12.3 Å². The van der Waals surface area contributed by atoms with Gasteiger partial charge in [-0.2, -0.15) is 0 Å². The highest BCUT2D eigenvalue weighted by atomic mass is 16.4. The summed E-state index contributed by atoms with van der Waals surface area (Å²) in [5, 5.41) is 7.69. The molecule has 0 aliphatic carbocycles. The van der Waals surface area contributed by atoms with Crippen LogP contribution in [0.2, 0.25) is 0 Å². The normalized spacial score (nSPS) is 22.4. The van der Waals surface area contributed by atoms with Crippen LogP contribution in [0.15, 0.2) is 33.5 Å². The molecular formula is C17H21N3O2. The van der Waals surface area contributed by atoms with Crippen molar-refractivity contribution in [2.75, 3.05) is 44.2 Å². The molecule has 2 N–H and O–H groups in total. The summed E-state index contributed by atoms with van der Waals surface area (Å²) < 4.78 is 5.74. The van der Waals surface area contributed by atoms with Crippen molar-refractivity contribution in [1.82, 2.24) is 10.6 Å². The Bertz CT molecular complexity index is 728. The number of para-hydroxylation sites is 1. The molecule has 2 aliphatic rings. The van der Waals surface area contributed by atoms with E-state index < -0.39 is 0 Å². The van der Waals surface area contributed by atoms with Gasteiger partial charge in [0.05, 0.1) is 5.69 Å². The number of hydrogen-bond acceptors (Lipinski definition) is 5. The molecule has 0 bridgehead atoms. The van der Waals surface area contributed by atoms with E-state index in [9.17, 15) is 4.79 Å². The number of hydrogen-bond donors (Lipinski definition) is 2. The lowest BCUT2D eigenvalue weighted by Crippen LogP contribution is -2.43. The van der Waals surface area contributed by atoms with Gasteiger partial charge < -0.3 is 20.0 Å². The first-order valence-corrected chi connectivity index (χ1v) is 8.06. The van der Waals surface area contributed by atoms with Gasteiger partial charge >= 0.3 is 5.63 Å². The van der Waals surface area contributed by atoms with E-state index in [0.717, 1.165) is 67.9 Å². The van der Waals surface area contributed by atoms with Gasteiger partial charge in [-0.25, -0.2) is 4.79 Å². The van der Waals surface area contributed by atoms with Gasteiger partial charge in [-0.05, 0) is 25.1 Å². The van der Waals surface area contributed by atoms with E-state index in [1.165, 1.54) is 0 Å². The van der Waals surface area contributed by atoms with Crippen LogP contribution in [0.3, 0.4) is 0 Å². The number of anilines is 1. The molecule has 1 unspecified atom stereocenters. The SMILES string of the molecule is O=c1oc2c(N3CCNCC3)cccc2cc1C1CCNC1. The second-order valence-electron chi connectivity index (χ2n) is 6.11. The lowest BCUT2D eigenvalue weighted by atomic mass is 9.99. The van der Waals surface area contributed by atoms with Crippen molar-refractivity contribution < 1.29 is 4.42 Å². The van der Waals surface area contributed by atoms with E-state index in [0.29, 0.717) is 0 Å². The smallest absolute Gasteiger partial charge is 0.339 e. The van der Waals surface area contributed by atoms with Crippen LogP contribution >= 0.6 is 0 Å². The highest BCUT2D eigenvalue weighted by Gasteiger charge is 2.22. The molecule has 5 heteroatoms. The summed E-state index contributed by atoms with van der Waals surface area (Å²) in [4.78, 5) is 14.7. The number of piperazine rings is 1. The molecule has 116 valence electrons. The third-order valence-corrected chi connectivity index (χ3v) is 4.72. The van der Waals surface area contributed by atoms with Gasteiger partial charge in [0.1, 0.15) is 0 Å². The topological polar surface area (TPSA) is 57.5 Å². The van der Waals surface area contributed by atoms with Crippen LogP contribution in [0.1, 0.15) is 17.9 Å². The van der Waals surface area contributed by atoms with Crippen molar-refractivity contribution in [3.05, 3.63) is 40.2 Å². The third kappa shape index (κ3) is 2.40. The van der Waals surface area contributed by atoms with Crippen LogP contribution < -0.4 is 21.2 Å². The molecule has 0 radical (unpaired) electrons. The Kier molecular flexibility index (Phi) is 3.60. The van der Waals surface area contributed by atoms with Gasteiger partial charge in [-0.15, -0.1) is 0 Å². The molecule has 4 rings (SSSR count). The molecule has 1 atom stereocenters. The summed E-state index contributed by atoms with van der Waals surface area (Å²) in [7, 11) is 0. The maximum absolute atomic E-state index is 12.4. The van der Waals surface area contributed by atoms with E-state index in [4.69, 9.17) is 4.42 Å². The fraction of sp³-hybridized carbons (Fsp3) is 0.471. The minimum Gasteiger partial charge on any atom is -0.420 e. The predicted octanol–water partition coefficient (Wildman–Crippen LogP) is 1.28. The molecule has 0 amide bonds. The third-order valence-electron chi connectivity index (χ3n) is 4.72. The lowest BCUT2D eigenvalue weighted by Gasteiger charge is -2.29. The van der Waals surface area contributed by atoms with Gasteiger partial charge in [0.15, 0.2) is 5.58 Å². The first-order chi connectivity index (χ1) is 10.8. The lowest BCUT2D eigenvalue weighted by molar-refractivity contribution is 0.534. The van der Waals surface area contributed by atoms with Crippen LogP contribution in [-0.2, 0) is 0 Å². The van der Waals surface area contributed by atoms with Gasteiger partial charge in [-0.1, -0.05) is 12.1 Å². The fourth-order valence-electron chi connectivity index (χ4n) is 3.50. The van der Waals surface area contributed by atoms with Crippen LogP contribution in [0, 0.1) is 0 Å².